The van der Waals surface area contributed by atoms with Crippen molar-refractivity contribution in [2.75, 3.05) is 0 Å². The van der Waals surface area contributed by atoms with Crippen LogP contribution in [0.15, 0.2) is 6.20 Å². The first-order valence-electron chi connectivity index (χ1n) is 3.84. The van der Waals surface area contributed by atoms with E-state index in [-0.39, 0.29) is 11.6 Å². The van der Waals surface area contributed by atoms with Crippen LogP contribution < -0.4 is 0 Å². The van der Waals surface area contributed by atoms with Gasteiger partial charge in [0, 0.05) is 6.54 Å². The fourth-order valence-electron chi connectivity index (χ4n) is 1.05. The topological polar surface area (TPSA) is 38.0 Å². The van der Waals surface area contributed by atoms with Gasteiger partial charge in [-0.2, -0.15) is 18.3 Å². The fourth-order valence-corrected chi connectivity index (χ4v) is 1.30. The summed E-state index contributed by atoms with van der Waals surface area (Å²) in [5, 5.41) is 12.4. The van der Waals surface area contributed by atoms with Gasteiger partial charge in [0.05, 0.1) is 16.9 Å². The van der Waals surface area contributed by atoms with Gasteiger partial charge >= 0.3 is 6.18 Å². The lowest BCUT2D eigenvalue weighted by Gasteiger charge is -2.15. The smallest absolute Gasteiger partial charge is 0.378 e. The molecule has 0 aliphatic rings. The van der Waals surface area contributed by atoms with Crippen LogP contribution in [0.1, 0.15) is 18.7 Å². The van der Waals surface area contributed by atoms with Crippen LogP contribution in [0.4, 0.5) is 13.2 Å². The predicted octanol–water partition coefficient (Wildman–Crippen LogP) is 2.15. The van der Waals surface area contributed by atoms with Crippen molar-refractivity contribution in [3.63, 3.8) is 0 Å². The van der Waals surface area contributed by atoms with E-state index in [2.05, 4.69) is 5.10 Å². The van der Waals surface area contributed by atoms with Crippen LogP contribution >= 0.6 is 11.6 Å². The summed E-state index contributed by atoms with van der Waals surface area (Å²) in [6.45, 7) is 1.82. The summed E-state index contributed by atoms with van der Waals surface area (Å²) in [7, 11) is 0. The first-order valence-corrected chi connectivity index (χ1v) is 4.21. The van der Waals surface area contributed by atoms with Crippen molar-refractivity contribution in [3.05, 3.63) is 16.9 Å². The number of rotatable bonds is 2. The van der Waals surface area contributed by atoms with Gasteiger partial charge in [-0.1, -0.05) is 11.6 Å². The molecule has 0 amide bonds. The van der Waals surface area contributed by atoms with Gasteiger partial charge in [0.15, 0.2) is 6.10 Å². The molecule has 0 aliphatic carbocycles. The van der Waals surface area contributed by atoms with E-state index < -0.39 is 18.0 Å². The minimum absolute atomic E-state index is 0.184. The van der Waals surface area contributed by atoms with Gasteiger partial charge < -0.3 is 5.11 Å². The van der Waals surface area contributed by atoms with Gasteiger partial charge in [0.25, 0.3) is 0 Å². The largest absolute Gasteiger partial charge is 0.420 e. The molecular formula is C7H8ClF3N2O. The van der Waals surface area contributed by atoms with E-state index >= 15 is 0 Å². The second kappa shape index (κ2) is 3.78. The van der Waals surface area contributed by atoms with E-state index in [1.54, 1.807) is 6.92 Å². The summed E-state index contributed by atoms with van der Waals surface area (Å²) in [6, 6.07) is 0. The molecule has 0 aliphatic heterocycles. The van der Waals surface area contributed by atoms with Crippen LogP contribution in [-0.2, 0) is 6.54 Å². The molecule has 1 N–H and O–H groups in total. The van der Waals surface area contributed by atoms with Crippen molar-refractivity contribution >= 4 is 11.6 Å². The maximum atomic E-state index is 12.2. The summed E-state index contributed by atoms with van der Waals surface area (Å²) in [6.07, 6.45) is -6.23. The molecule has 1 aromatic rings. The number of aliphatic hydroxyl groups is 1. The summed E-state index contributed by atoms with van der Waals surface area (Å²) >= 11 is 5.48. The second-order valence-corrected chi connectivity index (χ2v) is 3.04. The van der Waals surface area contributed by atoms with Gasteiger partial charge in [0.1, 0.15) is 0 Å². The Morgan fingerprint density at radius 1 is 1.64 bits per heavy atom. The number of hydrogen-bond acceptors (Lipinski definition) is 2. The van der Waals surface area contributed by atoms with E-state index in [1.807, 2.05) is 0 Å². The first-order chi connectivity index (χ1) is 6.38. The lowest BCUT2D eigenvalue weighted by molar-refractivity contribution is -0.208. The fraction of sp³-hybridized carbons (Fsp3) is 0.571. The van der Waals surface area contributed by atoms with Crippen molar-refractivity contribution in [1.82, 2.24) is 9.78 Å². The third-order valence-corrected chi connectivity index (χ3v) is 1.99. The van der Waals surface area contributed by atoms with Crippen LogP contribution in [0.5, 0.6) is 0 Å². The normalized spacial score (nSPS) is 14.4. The number of aromatic nitrogens is 2. The Hall–Kier alpha value is -0.750. The molecular weight excluding hydrogens is 221 g/mol. The Labute approximate surface area is 83.1 Å². The molecule has 0 saturated heterocycles. The number of aryl methyl sites for hydroxylation is 1. The molecule has 3 nitrogen and oxygen atoms in total. The van der Waals surface area contributed by atoms with Crippen LogP contribution in [0, 0.1) is 0 Å². The lowest BCUT2D eigenvalue weighted by Crippen LogP contribution is -2.23. The summed E-state index contributed by atoms with van der Waals surface area (Å²) in [5.41, 5.74) is -0.415. The van der Waals surface area contributed by atoms with Crippen LogP contribution in [0.2, 0.25) is 5.02 Å². The Balaban J connectivity index is 3.11. The van der Waals surface area contributed by atoms with Crippen LogP contribution in [0.25, 0.3) is 0 Å². The maximum absolute atomic E-state index is 12.2. The van der Waals surface area contributed by atoms with Crippen molar-refractivity contribution in [1.29, 1.82) is 0 Å². The van der Waals surface area contributed by atoms with Crippen molar-refractivity contribution < 1.29 is 18.3 Å². The third-order valence-electron chi connectivity index (χ3n) is 1.70. The zero-order valence-electron chi connectivity index (χ0n) is 7.22. The molecule has 0 bridgehead atoms. The zero-order chi connectivity index (χ0) is 10.9. The van der Waals surface area contributed by atoms with Gasteiger partial charge in [-0.3, -0.25) is 4.68 Å². The average molecular weight is 229 g/mol. The minimum Gasteiger partial charge on any atom is -0.378 e. The molecule has 80 valence electrons. The van der Waals surface area contributed by atoms with E-state index in [0.29, 0.717) is 0 Å². The maximum Gasteiger partial charge on any atom is 0.420 e. The molecule has 1 unspecified atom stereocenters. The standard InChI is InChI=1S/C7H8ClF3N2O/c1-2-13-5(4(8)3-12-13)6(14)7(9,10)11/h3,6,14H,2H2,1H3. The molecule has 7 heteroatoms. The summed E-state index contributed by atoms with van der Waals surface area (Å²) in [5.74, 6) is 0. The van der Waals surface area contributed by atoms with Crippen molar-refractivity contribution in [3.8, 4) is 0 Å². The van der Waals surface area contributed by atoms with E-state index in [0.717, 1.165) is 10.9 Å². The Bertz CT molecular complexity index is 323. The highest BCUT2D eigenvalue weighted by Crippen LogP contribution is 2.35. The molecule has 1 heterocycles. The number of halogens is 4. The molecule has 14 heavy (non-hydrogen) atoms. The number of aliphatic hydroxyl groups excluding tert-OH is 1. The lowest BCUT2D eigenvalue weighted by atomic mass is 10.2. The summed E-state index contributed by atoms with van der Waals surface area (Å²) < 4.78 is 37.5. The van der Waals surface area contributed by atoms with E-state index in [4.69, 9.17) is 16.7 Å². The Morgan fingerprint density at radius 2 is 2.21 bits per heavy atom. The Morgan fingerprint density at radius 3 is 2.64 bits per heavy atom. The number of nitrogens with zero attached hydrogens (tertiary/aromatic N) is 2. The Kier molecular flexibility index (Phi) is 3.06. The molecule has 0 fully saturated rings. The molecule has 0 aromatic carbocycles. The van der Waals surface area contributed by atoms with E-state index in [9.17, 15) is 13.2 Å². The number of hydrogen-bond donors (Lipinski definition) is 1. The SMILES string of the molecule is CCn1ncc(Cl)c1C(O)C(F)(F)F. The van der Waals surface area contributed by atoms with Crippen LogP contribution in [0.3, 0.4) is 0 Å². The molecule has 0 saturated carbocycles. The van der Waals surface area contributed by atoms with Crippen molar-refractivity contribution in [2.24, 2.45) is 0 Å². The highest BCUT2D eigenvalue weighted by atomic mass is 35.5. The molecule has 1 atom stereocenters. The van der Waals surface area contributed by atoms with Crippen LogP contribution in [-0.4, -0.2) is 21.1 Å². The summed E-state index contributed by atoms with van der Waals surface area (Å²) in [4.78, 5) is 0. The minimum atomic E-state index is -4.73. The first kappa shape index (κ1) is 11.3. The molecule has 0 radical (unpaired) electrons. The highest BCUT2D eigenvalue weighted by molar-refractivity contribution is 6.31. The third kappa shape index (κ3) is 2.01. The molecule has 0 spiro atoms. The quantitative estimate of drug-likeness (QED) is 0.842. The predicted molar refractivity (Wildman–Crippen MR) is 43.9 cm³/mol. The van der Waals surface area contributed by atoms with Crippen molar-refractivity contribution in [2.45, 2.75) is 25.7 Å². The monoisotopic (exact) mass is 228 g/mol. The van der Waals surface area contributed by atoms with E-state index in [1.165, 1.54) is 0 Å². The highest BCUT2D eigenvalue weighted by Gasteiger charge is 2.42. The van der Waals surface area contributed by atoms with Gasteiger partial charge in [-0.25, -0.2) is 0 Å². The molecule has 1 rings (SSSR count). The van der Waals surface area contributed by atoms with Gasteiger partial charge in [-0.15, -0.1) is 0 Å². The molecule has 1 aromatic heterocycles. The average Bonchev–Trinajstić information content (AvgIpc) is 2.43. The second-order valence-electron chi connectivity index (χ2n) is 2.64. The van der Waals surface area contributed by atoms with Gasteiger partial charge in [0.2, 0.25) is 0 Å². The van der Waals surface area contributed by atoms with Gasteiger partial charge in [-0.05, 0) is 6.92 Å². The number of alkyl halides is 3. The zero-order valence-corrected chi connectivity index (χ0v) is 7.97.